The van der Waals surface area contributed by atoms with Crippen molar-refractivity contribution in [3.8, 4) is 0 Å². The average molecular weight is 407 g/mol. The summed E-state index contributed by atoms with van der Waals surface area (Å²) in [5, 5.41) is 2.33. The number of benzene rings is 2. The Morgan fingerprint density at radius 3 is 2.38 bits per heavy atom. The molecule has 0 spiro atoms. The van der Waals surface area contributed by atoms with Crippen molar-refractivity contribution in [3.63, 3.8) is 0 Å². The average Bonchev–Trinajstić information content (AvgIpc) is 3.35. The lowest BCUT2D eigenvalue weighted by molar-refractivity contribution is -0.127. The number of hydrogen-bond acceptors (Lipinski definition) is 5. The van der Waals surface area contributed by atoms with Gasteiger partial charge in [-0.2, -0.15) is 0 Å². The van der Waals surface area contributed by atoms with Gasteiger partial charge in [-0.15, -0.1) is 0 Å². The topological polar surface area (TPSA) is 69.7 Å². The van der Waals surface area contributed by atoms with Gasteiger partial charge in [0.1, 0.15) is 6.54 Å². The van der Waals surface area contributed by atoms with E-state index in [1.54, 1.807) is 6.08 Å². The van der Waals surface area contributed by atoms with Crippen molar-refractivity contribution in [1.82, 2.24) is 4.90 Å². The minimum absolute atomic E-state index is 0.301. The van der Waals surface area contributed by atoms with Crippen LogP contribution in [-0.2, 0) is 9.59 Å². The second kappa shape index (κ2) is 8.53. The molecule has 0 radical (unpaired) electrons. The first kappa shape index (κ1) is 19.3. The first-order valence-electron chi connectivity index (χ1n) is 9.55. The monoisotopic (exact) mass is 407 g/mol. The normalized spacial score (nSPS) is 18.0. The van der Waals surface area contributed by atoms with Crippen LogP contribution in [0.15, 0.2) is 59.5 Å². The number of carbonyl (C=O) groups is 3. The number of amides is 3. The fourth-order valence-corrected chi connectivity index (χ4v) is 4.25. The van der Waals surface area contributed by atoms with Gasteiger partial charge in [0, 0.05) is 24.5 Å². The zero-order valence-corrected chi connectivity index (χ0v) is 16.7. The predicted molar refractivity (Wildman–Crippen MR) is 116 cm³/mol. The lowest BCUT2D eigenvalue weighted by atomic mass is 10.2. The molecule has 0 unspecified atom stereocenters. The van der Waals surface area contributed by atoms with Crippen LogP contribution in [0.2, 0.25) is 0 Å². The SMILES string of the molecule is O=C(CN1C(=O)S/C(=C/c2ccccc2)C1=O)Nc1ccc(N2CCCC2)cc1. The fraction of sp³-hybridized carbons (Fsp3) is 0.227. The molecule has 2 fully saturated rings. The molecule has 1 N–H and O–H groups in total. The van der Waals surface area contributed by atoms with E-state index in [-0.39, 0.29) is 6.54 Å². The number of nitrogens with zero attached hydrogens (tertiary/aromatic N) is 2. The molecule has 7 heteroatoms. The molecule has 0 bridgehead atoms. The second-order valence-electron chi connectivity index (χ2n) is 6.97. The Morgan fingerprint density at radius 1 is 1.00 bits per heavy atom. The molecule has 29 heavy (non-hydrogen) atoms. The Balaban J connectivity index is 1.37. The molecule has 2 saturated heterocycles. The molecule has 0 atom stereocenters. The number of carbonyl (C=O) groups excluding carboxylic acids is 3. The number of hydrogen-bond donors (Lipinski definition) is 1. The van der Waals surface area contributed by atoms with Gasteiger partial charge in [-0.1, -0.05) is 30.3 Å². The summed E-state index contributed by atoms with van der Waals surface area (Å²) in [6.07, 6.45) is 4.07. The van der Waals surface area contributed by atoms with E-state index >= 15 is 0 Å². The number of imide groups is 1. The van der Waals surface area contributed by atoms with Crippen LogP contribution in [0.3, 0.4) is 0 Å². The molecule has 0 saturated carbocycles. The van der Waals surface area contributed by atoms with E-state index in [0.717, 1.165) is 41.0 Å². The molecule has 2 aromatic carbocycles. The van der Waals surface area contributed by atoms with Crippen molar-refractivity contribution in [3.05, 3.63) is 65.1 Å². The zero-order chi connectivity index (χ0) is 20.2. The summed E-state index contributed by atoms with van der Waals surface area (Å²) in [7, 11) is 0. The summed E-state index contributed by atoms with van der Waals surface area (Å²) >= 11 is 0.854. The number of thioether (sulfide) groups is 1. The smallest absolute Gasteiger partial charge is 0.294 e. The van der Waals surface area contributed by atoms with Crippen LogP contribution < -0.4 is 10.2 Å². The molecule has 0 aliphatic carbocycles. The number of rotatable bonds is 5. The van der Waals surface area contributed by atoms with E-state index in [0.29, 0.717) is 10.6 Å². The molecule has 2 aliphatic rings. The maximum absolute atomic E-state index is 12.5. The molecule has 0 aromatic heterocycles. The summed E-state index contributed by atoms with van der Waals surface area (Å²) in [6.45, 7) is 1.81. The van der Waals surface area contributed by atoms with E-state index in [1.807, 2.05) is 54.6 Å². The van der Waals surface area contributed by atoms with Gasteiger partial charge in [0.05, 0.1) is 4.91 Å². The highest BCUT2D eigenvalue weighted by Crippen LogP contribution is 2.32. The van der Waals surface area contributed by atoms with Crippen LogP contribution in [0.4, 0.5) is 16.2 Å². The quantitative estimate of drug-likeness (QED) is 0.760. The standard InChI is InChI=1S/C22H21N3O3S/c26-20(23-17-8-10-18(11-9-17)24-12-4-5-13-24)15-25-21(27)19(29-22(25)28)14-16-6-2-1-3-7-16/h1-3,6-11,14H,4-5,12-13,15H2,(H,23,26)/b19-14+. The van der Waals surface area contributed by atoms with Gasteiger partial charge in [0.2, 0.25) is 5.91 Å². The maximum Gasteiger partial charge on any atom is 0.294 e. The molecule has 2 aromatic rings. The van der Waals surface area contributed by atoms with Crippen LogP contribution in [0.25, 0.3) is 6.08 Å². The Labute approximate surface area is 173 Å². The first-order valence-corrected chi connectivity index (χ1v) is 10.4. The van der Waals surface area contributed by atoms with Crippen LogP contribution >= 0.6 is 11.8 Å². The van der Waals surface area contributed by atoms with E-state index in [4.69, 9.17) is 0 Å². The third-order valence-electron chi connectivity index (χ3n) is 4.89. The van der Waals surface area contributed by atoms with Gasteiger partial charge in [-0.25, -0.2) is 0 Å². The van der Waals surface area contributed by atoms with Crippen molar-refractivity contribution < 1.29 is 14.4 Å². The molecular formula is C22H21N3O3S. The van der Waals surface area contributed by atoms with E-state index in [9.17, 15) is 14.4 Å². The zero-order valence-electron chi connectivity index (χ0n) is 15.8. The van der Waals surface area contributed by atoms with Crippen LogP contribution in [-0.4, -0.2) is 41.6 Å². The van der Waals surface area contributed by atoms with Crippen LogP contribution in [0.5, 0.6) is 0 Å². The third kappa shape index (κ3) is 4.51. The maximum atomic E-state index is 12.5. The fourth-order valence-electron chi connectivity index (χ4n) is 3.41. The Hall–Kier alpha value is -3.06. The van der Waals surface area contributed by atoms with Gasteiger partial charge in [0.25, 0.3) is 11.1 Å². The molecule has 3 amide bonds. The lowest BCUT2D eigenvalue weighted by Crippen LogP contribution is -2.36. The molecule has 2 aliphatic heterocycles. The van der Waals surface area contributed by atoms with Crippen molar-refractivity contribution in [2.45, 2.75) is 12.8 Å². The van der Waals surface area contributed by atoms with Gasteiger partial charge < -0.3 is 10.2 Å². The number of anilines is 2. The van der Waals surface area contributed by atoms with Crippen molar-refractivity contribution >= 4 is 46.3 Å². The lowest BCUT2D eigenvalue weighted by Gasteiger charge is -2.18. The highest BCUT2D eigenvalue weighted by Gasteiger charge is 2.36. The van der Waals surface area contributed by atoms with Crippen LogP contribution in [0, 0.1) is 0 Å². The molecular weight excluding hydrogens is 386 g/mol. The minimum atomic E-state index is -0.441. The van der Waals surface area contributed by atoms with Crippen molar-refractivity contribution in [2.24, 2.45) is 0 Å². The minimum Gasteiger partial charge on any atom is -0.372 e. The summed E-state index contributed by atoms with van der Waals surface area (Å²) in [5.74, 6) is -0.842. The summed E-state index contributed by atoms with van der Waals surface area (Å²) in [5.41, 5.74) is 2.61. The van der Waals surface area contributed by atoms with Crippen molar-refractivity contribution in [2.75, 3.05) is 29.9 Å². The van der Waals surface area contributed by atoms with Crippen molar-refractivity contribution in [1.29, 1.82) is 0 Å². The van der Waals surface area contributed by atoms with E-state index in [2.05, 4.69) is 10.2 Å². The predicted octanol–water partition coefficient (Wildman–Crippen LogP) is 3.96. The Bertz CT molecular complexity index is 951. The Kier molecular flexibility index (Phi) is 5.67. The highest BCUT2D eigenvalue weighted by atomic mass is 32.2. The second-order valence-corrected chi connectivity index (χ2v) is 7.96. The van der Waals surface area contributed by atoms with E-state index < -0.39 is 17.1 Å². The van der Waals surface area contributed by atoms with Gasteiger partial charge in [0.15, 0.2) is 0 Å². The largest absolute Gasteiger partial charge is 0.372 e. The number of nitrogens with one attached hydrogen (secondary N) is 1. The molecule has 6 nitrogen and oxygen atoms in total. The van der Waals surface area contributed by atoms with Gasteiger partial charge in [-0.05, 0) is 60.5 Å². The summed E-state index contributed by atoms with van der Waals surface area (Å²) in [6, 6.07) is 16.9. The van der Waals surface area contributed by atoms with Crippen LogP contribution in [0.1, 0.15) is 18.4 Å². The van der Waals surface area contributed by atoms with Gasteiger partial charge in [-0.3, -0.25) is 19.3 Å². The first-order chi connectivity index (χ1) is 14.1. The van der Waals surface area contributed by atoms with E-state index in [1.165, 1.54) is 12.8 Å². The molecule has 4 rings (SSSR count). The highest BCUT2D eigenvalue weighted by molar-refractivity contribution is 8.18. The Morgan fingerprint density at radius 2 is 1.69 bits per heavy atom. The summed E-state index contributed by atoms with van der Waals surface area (Å²) < 4.78 is 0. The summed E-state index contributed by atoms with van der Waals surface area (Å²) in [4.78, 5) is 40.7. The van der Waals surface area contributed by atoms with Gasteiger partial charge >= 0.3 is 0 Å². The molecule has 2 heterocycles. The molecule has 148 valence electrons. The third-order valence-corrected chi connectivity index (χ3v) is 5.80.